The highest BCUT2D eigenvalue weighted by atomic mass is 16.5. The van der Waals surface area contributed by atoms with Gasteiger partial charge in [-0.1, -0.05) is 13.8 Å². The molecule has 0 bridgehead atoms. The van der Waals surface area contributed by atoms with Crippen LogP contribution in [0, 0.1) is 11.8 Å². The number of hydrogen-bond acceptors (Lipinski definition) is 2. The lowest BCUT2D eigenvalue weighted by molar-refractivity contribution is 0.210. The highest BCUT2D eigenvalue weighted by Gasteiger charge is 2.23. The van der Waals surface area contributed by atoms with E-state index in [-0.39, 0.29) is 0 Å². The van der Waals surface area contributed by atoms with E-state index >= 15 is 0 Å². The van der Waals surface area contributed by atoms with Gasteiger partial charge in [-0.3, -0.25) is 0 Å². The van der Waals surface area contributed by atoms with Crippen LogP contribution in [0.15, 0.2) is 24.3 Å². The molecule has 0 amide bonds. The Morgan fingerprint density at radius 1 is 0.905 bits per heavy atom. The molecule has 0 spiro atoms. The largest absolute Gasteiger partial charge is 0.490 e. The minimum absolute atomic E-state index is 0.448. The molecule has 2 saturated carbocycles. The van der Waals surface area contributed by atoms with Crippen LogP contribution in [0.25, 0.3) is 0 Å². The van der Waals surface area contributed by atoms with Crippen molar-refractivity contribution in [3.8, 4) is 5.75 Å². The fourth-order valence-corrected chi connectivity index (χ4v) is 4.13. The van der Waals surface area contributed by atoms with E-state index in [9.17, 15) is 0 Å². The Morgan fingerprint density at radius 3 is 2.14 bits per heavy atom. The van der Waals surface area contributed by atoms with Crippen molar-refractivity contribution < 1.29 is 4.74 Å². The Kier molecular flexibility index (Phi) is 4.72. The first-order valence-corrected chi connectivity index (χ1v) is 8.72. The van der Waals surface area contributed by atoms with Gasteiger partial charge in [-0.2, -0.15) is 0 Å². The number of benzene rings is 1. The molecule has 2 heteroatoms. The summed E-state index contributed by atoms with van der Waals surface area (Å²) < 4.78 is 6.03. The van der Waals surface area contributed by atoms with E-state index in [1.54, 1.807) is 0 Å². The Labute approximate surface area is 129 Å². The van der Waals surface area contributed by atoms with Crippen LogP contribution in [0.5, 0.6) is 5.75 Å². The number of ether oxygens (including phenoxy) is 1. The van der Waals surface area contributed by atoms with Crippen molar-refractivity contribution in [1.82, 2.24) is 0 Å². The number of nitrogens with one attached hydrogen (secondary N) is 1. The maximum atomic E-state index is 6.03. The van der Waals surface area contributed by atoms with Gasteiger partial charge in [0.1, 0.15) is 5.75 Å². The average Bonchev–Trinajstić information content (AvgIpc) is 2.93. The summed E-state index contributed by atoms with van der Waals surface area (Å²) in [6.45, 7) is 4.76. The predicted octanol–water partition coefficient (Wildman–Crippen LogP) is 5.24. The third-order valence-electron chi connectivity index (χ3n) is 5.01. The van der Waals surface area contributed by atoms with Gasteiger partial charge in [-0.05, 0) is 81.0 Å². The van der Waals surface area contributed by atoms with Crippen molar-refractivity contribution >= 4 is 5.69 Å². The Hall–Kier alpha value is -1.18. The standard InChI is InChI=1S/C19H29NO/c1-14-11-15(2)13-17(12-14)20-16-7-9-19(10-8-16)21-18-5-3-4-6-18/h7-10,14-15,17-18,20H,3-6,11-13H2,1-2H3. The summed E-state index contributed by atoms with van der Waals surface area (Å²) in [5.41, 5.74) is 1.24. The molecule has 1 N–H and O–H groups in total. The van der Waals surface area contributed by atoms with Gasteiger partial charge < -0.3 is 10.1 Å². The van der Waals surface area contributed by atoms with Crippen LogP contribution in [0.3, 0.4) is 0 Å². The average molecular weight is 287 g/mol. The van der Waals surface area contributed by atoms with Crippen molar-refractivity contribution in [1.29, 1.82) is 0 Å². The molecule has 21 heavy (non-hydrogen) atoms. The smallest absolute Gasteiger partial charge is 0.119 e. The molecule has 0 aliphatic heterocycles. The number of rotatable bonds is 4. The molecule has 2 nitrogen and oxygen atoms in total. The monoisotopic (exact) mass is 287 g/mol. The molecule has 0 radical (unpaired) electrons. The van der Waals surface area contributed by atoms with E-state index in [1.165, 1.54) is 50.6 Å². The van der Waals surface area contributed by atoms with E-state index in [1.807, 2.05) is 0 Å². The zero-order chi connectivity index (χ0) is 14.7. The summed E-state index contributed by atoms with van der Waals surface area (Å²) in [6, 6.07) is 9.22. The molecule has 3 rings (SSSR count). The molecule has 0 heterocycles. The van der Waals surface area contributed by atoms with Gasteiger partial charge in [0.05, 0.1) is 6.10 Å². The second kappa shape index (κ2) is 6.72. The third-order valence-corrected chi connectivity index (χ3v) is 5.01. The van der Waals surface area contributed by atoms with Crippen molar-refractivity contribution in [2.45, 2.75) is 70.9 Å². The maximum Gasteiger partial charge on any atom is 0.119 e. The van der Waals surface area contributed by atoms with Crippen molar-refractivity contribution in [3.63, 3.8) is 0 Å². The molecule has 116 valence electrons. The molecule has 2 aliphatic rings. The SMILES string of the molecule is CC1CC(C)CC(Nc2ccc(OC3CCCC3)cc2)C1. The first kappa shape index (κ1) is 14.7. The van der Waals surface area contributed by atoms with Crippen LogP contribution >= 0.6 is 0 Å². The third kappa shape index (κ3) is 4.15. The molecule has 1 aromatic rings. The predicted molar refractivity (Wildman–Crippen MR) is 88.9 cm³/mol. The van der Waals surface area contributed by atoms with Crippen LogP contribution in [0.1, 0.15) is 58.8 Å². The molecule has 1 aromatic carbocycles. The molecule has 0 aromatic heterocycles. The first-order valence-electron chi connectivity index (χ1n) is 8.72. The molecule has 2 atom stereocenters. The fraction of sp³-hybridized carbons (Fsp3) is 0.684. The van der Waals surface area contributed by atoms with Gasteiger partial charge in [0.15, 0.2) is 0 Å². The quantitative estimate of drug-likeness (QED) is 0.817. The van der Waals surface area contributed by atoms with E-state index in [4.69, 9.17) is 4.74 Å². The molecular formula is C19H29NO. The summed E-state index contributed by atoms with van der Waals surface area (Å²) in [5, 5.41) is 3.71. The van der Waals surface area contributed by atoms with Gasteiger partial charge in [0, 0.05) is 11.7 Å². The zero-order valence-electron chi connectivity index (χ0n) is 13.5. The van der Waals surface area contributed by atoms with Gasteiger partial charge in [0.2, 0.25) is 0 Å². The topological polar surface area (TPSA) is 21.3 Å². The molecule has 2 fully saturated rings. The van der Waals surface area contributed by atoms with Gasteiger partial charge in [0.25, 0.3) is 0 Å². The van der Waals surface area contributed by atoms with Crippen molar-refractivity contribution in [2.24, 2.45) is 11.8 Å². The lowest BCUT2D eigenvalue weighted by Gasteiger charge is -2.32. The molecular weight excluding hydrogens is 258 g/mol. The van der Waals surface area contributed by atoms with Crippen molar-refractivity contribution in [3.05, 3.63) is 24.3 Å². The van der Waals surface area contributed by atoms with Crippen LogP contribution in [0.2, 0.25) is 0 Å². The van der Waals surface area contributed by atoms with Gasteiger partial charge in [-0.25, -0.2) is 0 Å². The lowest BCUT2D eigenvalue weighted by atomic mass is 9.80. The van der Waals surface area contributed by atoms with E-state index in [0.29, 0.717) is 12.1 Å². The summed E-state index contributed by atoms with van der Waals surface area (Å²) in [6.07, 6.45) is 9.51. The second-order valence-electron chi connectivity index (χ2n) is 7.31. The summed E-state index contributed by atoms with van der Waals surface area (Å²) >= 11 is 0. The second-order valence-corrected chi connectivity index (χ2v) is 7.31. The first-order chi connectivity index (χ1) is 10.2. The molecule has 2 aliphatic carbocycles. The Bertz CT molecular complexity index is 425. The summed E-state index contributed by atoms with van der Waals surface area (Å²) in [7, 11) is 0. The normalized spacial score (nSPS) is 30.3. The van der Waals surface area contributed by atoms with Crippen LogP contribution in [-0.4, -0.2) is 12.1 Å². The minimum atomic E-state index is 0.448. The van der Waals surface area contributed by atoms with Crippen LogP contribution in [-0.2, 0) is 0 Å². The lowest BCUT2D eigenvalue weighted by Crippen LogP contribution is -2.30. The fourth-order valence-electron chi connectivity index (χ4n) is 4.13. The molecule has 0 saturated heterocycles. The van der Waals surface area contributed by atoms with E-state index in [0.717, 1.165) is 17.6 Å². The summed E-state index contributed by atoms with van der Waals surface area (Å²) in [4.78, 5) is 0. The Balaban J connectivity index is 1.54. The van der Waals surface area contributed by atoms with Crippen LogP contribution < -0.4 is 10.1 Å². The van der Waals surface area contributed by atoms with E-state index < -0.39 is 0 Å². The summed E-state index contributed by atoms with van der Waals surface area (Å²) in [5.74, 6) is 2.71. The zero-order valence-corrected chi connectivity index (χ0v) is 13.5. The van der Waals surface area contributed by atoms with E-state index in [2.05, 4.69) is 43.4 Å². The van der Waals surface area contributed by atoms with Crippen LogP contribution in [0.4, 0.5) is 5.69 Å². The maximum absolute atomic E-state index is 6.03. The number of anilines is 1. The highest BCUT2D eigenvalue weighted by molar-refractivity contribution is 5.47. The van der Waals surface area contributed by atoms with Crippen molar-refractivity contribution in [2.75, 3.05) is 5.32 Å². The highest BCUT2D eigenvalue weighted by Crippen LogP contribution is 2.31. The Morgan fingerprint density at radius 2 is 1.52 bits per heavy atom. The van der Waals surface area contributed by atoms with Gasteiger partial charge >= 0.3 is 0 Å². The van der Waals surface area contributed by atoms with Gasteiger partial charge in [-0.15, -0.1) is 0 Å². The number of hydrogen-bond donors (Lipinski definition) is 1. The minimum Gasteiger partial charge on any atom is -0.490 e. The molecule has 2 unspecified atom stereocenters.